The number of aryl methyl sites for hydroxylation is 1. The van der Waals surface area contributed by atoms with Crippen LogP contribution in [0.3, 0.4) is 0 Å². The first-order valence-corrected chi connectivity index (χ1v) is 8.42. The van der Waals surface area contributed by atoms with E-state index < -0.39 is 18.7 Å². The summed E-state index contributed by atoms with van der Waals surface area (Å²) in [5.41, 5.74) is 0.598. The van der Waals surface area contributed by atoms with Gasteiger partial charge in [-0.05, 0) is 24.6 Å². The maximum Gasteiger partial charge on any atom is 0.573 e. The van der Waals surface area contributed by atoms with Crippen molar-refractivity contribution < 1.29 is 27.8 Å². The van der Waals surface area contributed by atoms with E-state index >= 15 is 0 Å². The molecule has 26 heavy (non-hydrogen) atoms. The lowest BCUT2D eigenvalue weighted by Gasteiger charge is -2.13. The molecule has 0 atom stereocenters. The Kier molecular flexibility index (Phi) is 7.26. The molecule has 0 amide bonds. The third-order valence-electron chi connectivity index (χ3n) is 3.64. The number of alkyl halides is 3. The summed E-state index contributed by atoms with van der Waals surface area (Å²) in [5, 5.41) is 17.2. The molecular formula is C17H22F3N3O3. The summed E-state index contributed by atoms with van der Waals surface area (Å²) in [4.78, 5) is 0. The number of halogens is 3. The van der Waals surface area contributed by atoms with Crippen molar-refractivity contribution in [3.05, 3.63) is 35.7 Å². The number of rotatable bonds is 10. The van der Waals surface area contributed by atoms with Crippen LogP contribution >= 0.6 is 0 Å². The van der Waals surface area contributed by atoms with Gasteiger partial charge in [-0.1, -0.05) is 31.4 Å². The van der Waals surface area contributed by atoms with Crippen LogP contribution in [0.2, 0.25) is 0 Å². The Morgan fingerprint density at radius 1 is 1.19 bits per heavy atom. The number of hydrogen-bond donors (Lipinski definition) is 1. The van der Waals surface area contributed by atoms with Gasteiger partial charge in [0.15, 0.2) is 0 Å². The number of aliphatic hydroxyl groups is 1. The minimum absolute atomic E-state index is 0.0144. The second-order valence-electron chi connectivity index (χ2n) is 5.80. The van der Waals surface area contributed by atoms with Crippen LogP contribution in [0.5, 0.6) is 11.5 Å². The van der Waals surface area contributed by atoms with E-state index in [0.717, 1.165) is 25.5 Å². The fourth-order valence-electron chi connectivity index (χ4n) is 2.37. The summed E-state index contributed by atoms with van der Waals surface area (Å²) in [6, 6.07) is 3.75. The lowest BCUT2D eigenvalue weighted by molar-refractivity contribution is -0.275. The van der Waals surface area contributed by atoms with Gasteiger partial charge in [0.1, 0.15) is 23.8 Å². The molecule has 0 aliphatic carbocycles. The molecule has 9 heteroatoms. The van der Waals surface area contributed by atoms with Crippen LogP contribution in [0.15, 0.2) is 24.4 Å². The SMILES string of the molecule is CCCCCCn1cc(COc2ccc(OC(F)(F)F)c(CO)c2)nn1. The van der Waals surface area contributed by atoms with Crippen molar-refractivity contribution in [1.82, 2.24) is 15.0 Å². The van der Waals surface area contributed by atoms with Gasteiger partial charge in [0.25, 0.3) is 0 Å². The van der Waals surface area contributed by atoms with E-state index in [1.54, 1.807) is 10.9 Å². The van der Waals surface area contributed by atoms with E-state index in [0.29, 0.717) is 11.4 Å². The van der Waals surface area contributed by atoms with Crippen LogP contribution in [-0.2, 0) is 19.8 Å². The zero-order chi connectivity index (χ0) is 19.0. The quantitative estimate of drug-likeness (QED) is 0.641. The number of aliphatic hydroxyl groups excluding tert-OH is 1. The molecule has 1 aromatic heterocycles. The predicted molar refractivity (Wildman–Crippen MR) is 87.5 cm³/mol. The van der Waals surface area contributed by atoms with Gasteiger partial charge in [0.05, 0.1) is 12.8 Å². The number of nitrogens with zero attached hydrogens (tertiary/aromatic N) is 3. The fourth-order valence-corrected chi connectivity index (χ4v) is 2.37. The summed E-state index contributed by atoms with van der Waals surface area (Å²) in [5.74, 6) is -0.147. The first-order chi connectivity index (χ1) is 12.4. The minimum atomic E-state index is -4.82. The average molecular weight is 373 g/mol. The zero-order valence-corrected chi connectivity index (χ0v) is 14.5. The Labute approximate surface area is 149 Å². The number of unbranched alkanes of at least 4 members (excludes halogenated alkanes) is 3. The van der Waals surface area contributed by atoms with Gasteiger partial charge in [-0.3, -0.25) is 4.68 Å². The normalized spacial score (nSPS) is 11.6. The third-order valence-corrected chi connectivity index (χ3v) is 3.64. The standard InChI is InChI=1S/C17H22F3N3O3/c1-2-3-4-5-8-23-10-14(21-22-23)12-25-15-6-7-16(13(9-15)11-24)26-17(18,19)20/h6-7,9-10,24H,2-5,8,11-12H2,1H3. The molecule has 1 N–H and O–H groups in total. The second-order valence-corrected chi connectivity index (χ2v) is 5.80. The van der Waals surface area contributed by atoms with E-state index in [1.165, 1.54) is 25.0 Å². The highest BCUT2D eigenvalue weighted by molar-refractivity contribution is 5.40. The summed E-state index contributed by atoms with van der Waals surface area (Å²) in [6.07, 6.45) is 1.48. The molecule has 2 aromatic rings. The summed E-state index contributed by atoms with van der Waals surface area (Å²) in [7, 11) is 0. The Morgan fingerprint density at radius 2 is 2.00 bits per heavy atom. The van der Waals surface area contributed by atoms with E-state index in [2.05, 4.69) is 22.0 Å². The maximum absolute atomic E-state index is 12.3. The lowest BCUT2D eigenvalue weighted by atomic mass is 10.2. The Balaban J connectivity index is 1.90. The molecule has 1 heterocycles. The van der Waals surface area contributed by atoms with Crippen molar-refractivity contribution in [3.8, 4) is 11.5 Å². The molecule has 0 radical (unpaired) electrons. The molecule has 0 unspecified atom stereocenters. The molecule has 0 spiro atoms. The van der Waals surface area contributed by atoms with Crippen LogP contribution in [0.4, 0.5) is 13.2 Å². The zero-order valence-electron chi connectivity index (χ0n) is 14.5. The lowest BCUT2D eigenvalue weighted by Crippen LogP contribution is -2.18. The third kappa shape index (κ3) is 6.55. The fraction of sp³-hybridized carbons (Fsp3) is 0.529. The van der Waals surface area contributed by atoms with Crippen molar-refractivity contribution >= 4 is 0 Å². The van der Waals surface area contributed by atoms with E-state index in [4.69, 9.17) is 4.74 Å². The van der Waals surface area contributed by atoms with Crippen LogP contribution in [-0.4, -0.2) is 26.5 Å². The summed E-state index contributed by atoms with van der Waals surface area (Å²) >= 11 is 0. The second kappa shape index (κ2) is 9.42. The molecule has 6 nitrogen and oxygen atoms in total. The largest absolute Gasteiger partial charge is 0.573 e. The molecule has 0 saturated heterocycles. The van der Waals surface area contributed by atoms with Crippen LogP contribution in [0, 0.1) is 0 Å². The molecule has 0 saturated carbocycles. The summed E-state index contributed by atoms with van der Waals surface area (Å²) < 4.78 is 48.0. The topological polar surface area (TPSA) is 69.4 Å². The van der Waals surface area contributed by atoms with Crippen molar-refractivity contribution in [2.45, 2.75) is 58.7 Å². The summed E-state index contributed by atoms with van der Waals surface area (Å²) in [6.45, 7) is 2.45. The number of aromatic nitrogens is 3. The van der Waals surface area contributed by atoms with Crippen LogP contribution < -0.4 is 9.47 Å². The maximum atomic E-state index is 12.3. The van der Waals surface area contributed by atoms with Gasteiger partial charge >= 0.3 is 6.36 Å². The molecular weight excluding hydrogens is 351 g/mol. The van der Waals surface area contributed by atoms with Gasteiger partial charge < -0.3 is 14.6 Å². The molecule has 1 aromatic carbocycles. The van der Waals surface area contributed by atoms with Crippen LogP contribution in [0.25, 0.3) is 0 Å². The smallest absolute Gasteiger partial charge is 0.487 e. The first-order valence-electron chi connectivity index (χ1n) is 8.42. The van der Waals surface area contributed by atoms with Gasteiger partial charge in [-0.15, -0.1) is 18.3 Å². The van der Waals surface area contributed by atoms with E-state index in [9.17, 15) is 18.3 Å². The molecule has 0 bridgehead atoms. The highest BCUT2D eigenvalue weighted by Crippen LogP contribution is 2.29. The number of ether oxygens (including phenoxy) is 2. The van der Waals surface area contributed by atoms with Gasteiger partial charge in [-0.25, -0.2) is 0 Å². The van der Waals surface area contributed by atoms with Gasteiger partial charge in [0.2, 0.25) is 0 Å². The Bertz CT molecular complexity index is 689. The number of hydrogen-bond acceptors (Lipinski definition) is 5. The van der Waals surface area contributed by atoms with Crippen molar-refractivity contribution in [2.75, 3.05) is 0 Å². The van der Waals surface area contributed by atoms with Gasteiger partial charge in [0, 0.05) is 12.1 Å². The Hall–Kier alpha value is -2.29. The average Bonchev–Trinajstić information content (AvgIpc) is 3.04. The van der Waals surface area contributed by atoms with Crippen molar-refractivity contribution in [1.29, 1.82) is 0 Å². The highest BCUT2D eigenvalue weighted by Gasteiger charge is 2.32. The van der Waals surface area contributed by atoms with Crippen molar-refractivity contribution in [3.63, 3.8) is 0 Å². The van der Waals surface area contributed by atoms with Crippen LogP contribution in [0.1, 0.15) is 43.9 Å². The molecule has 0 aliphatic heterocycles. The minimum Gasteiger partial charge on any atom is -0.487 e. The highest BCUT2D eigenvalue weighted by atomic mass is 19.4. The molecule has 144 valence electrons. The predicted octanol–water partition coefficient (Wildman–Crippen LogP) is 3.83. The van der Waals surface area contributed by atoms with Gasteiger partial charge in [-0.2, -0.15) is 0 Å². The monoisotopic (exact) mass is 373 g/mol. The molecule has 0 fully saturated rings. The first kappa shape index (κ1) is 20.0. The molecule has 0 aliphatic rings. The molecule has 2 rings (SSSR count). The van der Waals surface area contributed by atoms with Crippen molar-refractivity contribution in [2.24, 2.45) is 0 Å². The Morgan fingerprint density at radius 3 is 2.69 bits per heavy atom. The van der Waals surface area contributed by atoms with E-state index in [1.807, 2.05) is 0 Å². The van der Waals surface area contributed by atoms with E-state index in [-0.39, 0.29) is 12.2 Å². The number of benzene rings is 1.